The first-order valence-electron chi connectivity index (χ1n) is 8.00. The molecule has 0 atom stereocenters. The van der Waals surface area contributed by atoms with Crippen molar-refractivity contribution in [3.05, 3.63) is 50.4 Å². The summed E-state index contributed by atoms with van der Waals surface area (Å²) in [7, 11) is 3.15. The van der Waals surface area contributed by atoms with Crippen LogP contribution in [0, 0.1) is 11.3 Å². The molecular weight excluding hydrogens is 462 g/mol. The first kappa shape index (κ1) is 20.3. The zero-order valence-corrected chi connectivity index (χ0v) is 18.0. The number of halogens is 2. The van der Waals surface area contributed by atoms with Crippen LogP contribution in [0.1, 0.15) is 24.5 Å². The summed E-state index contributed by atoms with van der Waals surface area (Å²) < 4.78 is 18.2. The van der Waals surface area contributed by atoms with Crippen LogP contribution in [0.4, 0.5) is 0 Å². The number of hydrogen-bond acceptors (Lipinski definition) is 4. The highest BCUT2D eigenvalue weighted by Gasteiger charge is 2.12. The molecule has 0 aliphatic heterocycles. The number of rotatable bonds is 7. The molecule has 0 spiro atoms. The normalized spacial score (nSPS) is 11.0. The van der Waals surface area contributed by atoms with Gasteiger partial charge >= 0.3 is 0 Å². The number of hydrogen-bond donors (Lipinski definition) is 0. The Morgan fingerprint density at radius 1 is 1.12 bits per heavy atom. The summed E-state index contributed by atoms with van der Waals surface area (Å²) in [6.45, 7) is 2.64. The Bertz CT molecular complexity index is 857. The van der Waals surface area contributed by atoms with E-state index >= 15 is 0 Å². The second-order valence-corrected chi connectivity index (χ2v) is 7.16. The van der Waals surface area contributed by atoms with Crippen molar-refractivity contribution in [3.8, 4) is 23.3 Å². The van der Waals surface area contributed by atoms with Crippen molar-refractivity contribution in [2.45, 2.75) is 13.3 Å². The Hall–Kier alpha value is -1.97. The molecule has 26 heavy (non-hydrogen) atoms. The molecule has 0 radical (unpaired) electrons. The van der Waals surface area contributed by atoms with Crippen molar-refractivity contribution < 1.29 is 14.2 Å². The van der Waals surface area contributed by atoms with E-state index in [2.05, 4.69) is 37.9 Å². The minimum atomic E-state index is 0.498. The molecule has 4 nitrogen and oxygen atoms in total. The molecule has 0 saturated heterocycles. The summed E-state index contributed by atoms with van der Waals surface area (Å²) in [6.07, 6.45) is 2.70. The van der Waals surface area contributed by atoms with Gasteiger partial charge in [-0.3, -0.25) is 0 Å². The van der Waals surface area contributed by atoms with Crippen LogP contribution < -0.4 is 14.2 Å². The van der Waals surface area contributed by atoms with E-state index < -0.39 is 0 Å². The van der Waals surface area contributed by atoms with Gasteiger partial charge < -0.3 is 14.2 Å². The lowest BCUT2D eigenvalue weighted by Crippen LogP contribution is -1.98. The van der Waals surface area contributed by atoms with Crippen LogP contribution in [0.3, 0.4) is 0 Å². The topological polar surface area (TPSA) is 51.5 Å². The molecule has 2 rings (SSSR count). The average molecular weight is 481 g/mol. The van der Waals surface area contributed by atoms with Gasteiger partial charge in [0.2, 0.25) is 0 Å². The Kier molecular flexibility index (Phi) is 7.55. The smallest absolute Gasteiger partial charge is 0.161 e. The van der Waals surface area contributed by atoms with Gasteiger partial charge in [-0.2, -0.15) is 5.26 Å². The van der Waals surface area contributed by atoms with Gasteiger partial charge in [0.15, 0.2) is 11.5 Å². The minimum absolute atomic E-state index is 0.498. The van der Waals surface area contributed by atoms with Gasteiger partial charge in [0, 0.05) is 10.0 Å². The lowest BCUT2D eigenvalue weighted by Gasteiger charge is -2.13. The Balaban J connectivity index is 2.54. The van der Waals surface area contributed by atoms with Crippen LogP contribution in [0.15, 0.2) is 39.3 Å². The molecule has 0 heterocycles. The summed E-state index contributed by atoms with van der Waals surface area (Å²) >= 11 is 7.03. The van der Waals surface area contributed by atoms with Crippen molar-refractivity contribution >= 4 is 43.5 Å². The molecule has 0 amide bonds. The summed E-state index contributed by atoms with van der Waals surface area (Å²) in [5.41, 5.74) is 2.05. The van der Waals surface area contributed by atoms with Crippen molar-refractivity contribution in [2.24, 2.45) is 0 Å². The van der Waals surface area contributed by atoms with Crippen molar-refractivity contribution in [1.29, 1.82) is 5.26 Å². The number of nitriles is 1. The maximum atomic E-state index is 9.68. The largest absolute Gasteiger partial charge is 0.493 e. The molecule has 136 valence electrons. The highest BCUT2D eigenvalue weighted by molar-refractivity contribution is 9.11. The fourth-order valence-electron chi connectivity index (χ4n) is 2.38. The van der Waals surface area contributed by atoms with Gasteiger partial charge in [-0.05, 0) is 64.3 Å². The van der Waals surface area contributed by atoms with Crippen LogP contribution in [0.2, 0.25) is 0 Å². The van der Waals surface area contributed by atoms with Gasteiger partial charge in [0.05, 0.1) is 36.9 Å². The third-order valence-electron chi connectivity index (χ3n) is 3.60. The van der Waals surface area contributed by atoms with Gasteiger partial charge in [-0.25, -0.2) is 0 Å². The molecule has 0 fully saturated rings. The standard InChI is InChI=1S/C20H19Br2NO3/c1-4-7-26-20-14(9-16(21)11-17(20)22)8-15(12-23)13-5-6-18(24-2)19(10-13)25-3/h5-6,8-11H,4,7H2,1-3H3/b15-8+. The Morgan fingerprint density at radius 2 is 1.85 bits per heavy atom. The minimum Gasteiger partial charge on any atom is -0.493 e. The van der Waals surface area contributed by atoms with E-state index in [1.807, 2.05) is 31.2 Å². The highest BCUT2D eigenvalue weighted by Crippen LogP contribution is 2.36. The van der Waals surface area contributed by atoms with E-state index in [4.69, 9.17) is 14.2 Å². The Labute approximate surface area is 170 Å². The second-order valence-electron chi connectivity index (χ2n) is 5.39. The molecule has 0 aromatic heterocycles. The first-order valence-corrected chi connectivity index (χ1v) is 9.58. The van der Waals surface area contributed by atoms with Gasteiger partial charge in [-0.15, -0.1) is 0 Å². The van der Waals surface area contributed by atoms with Crippen LogP contribution in [0.25, 0.3) is 11.6 Å². The first-order chi connectivity index (χ1) is 12.5. The van der Waals surface area contributed by atoms with Gasteiger partial charge in [0.1, 0.15) is 5.75 Å². The van der Waals surface area contributed by atoms with Crippen LogP contribution in [-0.2, 0) is 0 Å². The lowest BCUT2D eigenvalue weighted by atomic mass is 10.0. The number of benzene rings is 2. The summed E-state index contributed by atoms with van der Waals surface area (Å²) in [4.78, 5) is 0. The maximum Gasteiger partial charge on any atom is 0.161 e. The van der Waals surface area contributed by atoms with E-state index in [0.29, 0.717) is 29.4 Å². The monoisotopic (exact) mass is 479 g/mol. The maximum absolute atomic E-state index is 9.68. The third-order valence-corrected chi connectivity index (χ3v) is 4.65. The second kappa shape index (κ2) is 9.65. The van der Waals surface area contributed by atoms with E-state index in [0.717, 1.165) is 26.5 Å². The molecule has 0 saturated carbocycles. The third kappa shape index (κ3) is 4.80. The zero-order chi connectivity index (χ0) is 19.1. The number of ether oxygens (including phenoxy) is 3. The van der Waals surface area contributed by atoms with E-state index in [1.54, 1.807) is 26.4 Å². The molecule has 0 unspecified atom stereocenters. The van der Waals surface area contributed by atoms with E-state index in [-0.39, 0.29) is 0 Å². The van der Waals surface area contributed by atoms with Crippen LogP contribution in [0.5, 0.6) is 17.2 Å². The van der Waals surface area contributed by atoms with Crippen molar-refractivity contribution in [1.82, 2.24) is 0 Å². The fourth-order valence-corrected chi connectivity index (χ4v) is 3.76. The molecule has 0 bridgehead atoms. The quantitative estimate of drug-likeness (QED) is 0.355. The zero-order valence-electron chi connectivity index (χ0n) is 14.8. The highest BCUT2D eigenvalue weighted by atomic mass is 79.9. The molecule has 0 N–H and O–H groups in total. The van der Waals surface area contributed by atoms with Crippen molar-refractivity contribution in [3.63, 3.8) is 0 Å². The fraction of sp³-hybridized carbons (Fsp3) is 0.250. The number of methoxy groups -OCH3 is 2. The predicted octanol–water partition coefficient (Wildman–Crippen LogP) is 6.08. The Morgan fingerprint density at radius 3 is 2.46 bits per heavy atom. The summed E-state index contributed by atoms with van der Waals surface area (Å²) in [5, 5.41) is 9.68. The molecule has 2 aromatic carbocycles. The predicted molar refractivity (Wildman–Crippen MR) is 111 cm³/mol. The van der Waals surface area contributed by atoms with Gasteiger partial charge in [-0.1, -0.05) is 22.9 Å². The summed E-state index contributed by atoms with van der Waals surface area (Å²) in [5.74, 6) is 1.90. The summed E-state index contributed by atoms with van der Waals surface area (Å²) in [6, 6.07) is 11.5. The molecule has 6 heteroatoms. The molecule has 2 aromatic rings. The van der Waals surface area contributed by atoms with E-state index in [9.17, 15) is 5.26 Å². The number of nitrogens with zero attached hydrogens (tertiary/aromatic N) is 1. The van der Waals surface area contributed by atoms with Gasteiger partial charge in [0.25, 0.3) is 0 Å². The molecular formula is C20H19Br2NO3. The molecule has 0 aliphatic carbocycles. The van der Waals surface area contributed by atoms with Crippen LogP contribution >= 0.6 is 31.9 Å². The number of allylic oxidation sites excluding steroid dienone is 1. The molecule has 0 aliphatic rings. The van der Waals surface area contributed by atoms with Crippen molar-refractivity contribution in [2.75, 3.05) is 20.8 Å². The lowest BCUT2D eigenvalue weighted by molar-refractivity contribution is 0.315. The SMILES string of the molecule is CCCOc1c(Br)cc(Br)cc1/C=C(\C#N)c1ccc(OC)c(OC)c1. The van der Waals surface area contributed by atoms with E-state index in [1.165, 1.54) is 0 Å². The average Bonchev–Trinajstić information content (AvgIpc) is 2.64. The van der Waals surface area contributed by atoms with Crippen LogP contribution in [-0.4, -0.2) is 20.8 Å².